The van der Waals surface area contributed by atoms with Gasteiger partial charge in [-0.3, -0.25) is 4.79 Å². The summed E-state index contributed by atoms with van der Waals surface area (Å²) in [7, 11) is 0. The zero-order chi connectivity index (χ0) is 27.1. The Balaban J connectivity index is 1.41. The summed E-state index contributed by atoms with van der Waals surface area (Å²) in [6, 6.07) is 19.5. The van der Waals surface area contributed by atoms with Crippen molar-refractivity contribution in [2.45, 2.75) is 33.6 Å². The third kappa shape index (κ3) is 4.81. The molecule has 6 heteroatoms. The van der Waals surface area contributed by atoms with E-state index < -0.39 is 5.97 Å². The predicted octanol–water partition coefficient (Wildman–Crippen LogP) is 7.97. The molecule has 0 unspecified atom stereocenters. The number of esters is 1. The van der Waals surface area contributed by atoms with Gasteiger partial charge in [0.2, 0.25) is 5.78 Å². The molecular weight excluding hydrogens is 504 g/mol. The van der Waals surface area contributed by atoms with Gasteiger partial charge in [-0.25, -0.2) is 9.78 Å². The highest BCUT2D eigenvalue weighted by atomic mass is 32.1. The topological polar surface area (TPSA) is 72.0 Å². The van der Waals surface area contributed by atoms with Crippen molar-refractivity contribution in [3.63, 3.8) is 0 Å². The van der Waals surface area contributed by atoms with Gasteiger partial charge in [0.15, 0.2) is 6.61 Å². The van der Waals surface area contributed by atoms with Gasteiger partial charge in [-0.15, -0.1) is 11.3 Å². The number of allylic oxidation sites excluding steroid dienone is 1. The number of nitrogens with one attached hydrogen (secondary N) is 1. The molecular formula is C33H30N2O3S. The number of aromatic amines is 1. The lowest BCUT2D eigenvalue weighted by Crippen LogP contribution is -2.29. The molecule has 3 aromatic heterocycles. The van der Waals surface area contributed by atoms with Crippen molar-refractivity contribution in [3.05, 3.63) is 99.5 Å². The van der Waals surface area contributed by atoms with Crippen LogP contribution < -0.4 is 0 Å². The minimum absolute atomic E-state index is 0.0321. The van der Waals surface area contributed by atoms with E-state index in [1.54, 1.807) is 17.5 Å². The summed E-state index contributed by atoms with van der Waals surface area (Å²) >= 11 is 1.69. The Bertz CT molecular complexity index is 1740. The van der Waals surface area contributed by atoms with Gasteiger partial charge >= 0.3 is 5.97 Å². The number of aromatic nitrogens is 2. The summed E-state index contributed by atoms with van der Waals surface area (Å²) in [6.45, 7) is 6.42. The van der Waals surface area contributed by atoms with Crippen molar-refractivity contribution in [1.82, 2.24) is 9.97 Å². The third-order valence-electron chi connectivity index (χ3n) is 7.73. The maximum atomic E-state index is 13.8. The molecule has 196 valence electrons. The smallest absolute Gasteiger partial charge is 0.339 e. The molecule has 0 bridgehead atoms. The second kappa shape index (κ2) is 9.93. The van der Waals surface area contributed by atoms with E-state index in [-0.39, 0.29) is 17.8 Å². The Morgan fingerprint density at radius 1 is 1.03 bits per heavy atom. The van der Waals surface area contributed by atoms with Crippen molar-refractivity contribution in [2.75, 3.05) is 6.61 Å². The molecule has 39 heavy (non-hydrogen) atoms. The van der Waals surface area contributed by atoms with E-state index in [1.807, 2.05) is 54.6 Å². The molecule has 1 aliphatic rings. The van der Waals surface area contributed by atoms with Gasteiger partial charge in [-0.1, -0.05) is 63.2 Å². The fourth-order valence-corrected chi connectivity index (χ4v) is 6.18. The van der Waals surface area contributed by atoms with Crippen LogP contribution in [0.15, 0.2) is 72.2 Å². The molecule has 0 aliphatic heterocycles. The van der Waals surface area contributed by atoms with Crippen LogP contribution in [0.5, 0.6) is 0 Å². The van der Waals surface area contributed by atoms with Crippen LogP contribution in [-0.2, 0) is 11.2 Å². The zero-order valence-corrected chi connectivity index (χ0v) is 23.1. The average Bonchev–Trinajstić information content (AvgIpc) is 3.60. The van der Waals surface area contributed by atoms with Crippen LogP contribution >= 0.6 is 11.3 Å². The van der Waals surface area contributed by atoms with Crippen LogP contribution in [0, 0.1) is 11.3 Å². The lowest BCUT2D eigenvalue weighted by molar-refractivity contribution is 0.0475. The van der Waals surface area contributed by atoms with E-state index in [1.165, 1.54) is 0 Å². The number of carbonyl (C=O) groups is 2. The highest BCUT2D eigenvalue weighted by Gasteiger charge is 2.35. The quantitative estimate of drug-likeness (QED) is 0.183. The number of Topliss-reactive ketones (excluding diaryl/α,β-unsaturated/α-hetero) is 1. The van der Waals surface area contributed by atoms with Crippen LogP contribution in [0.4, 0.5) is 0 Å². The Kier molecular flexibility index (Phi) is 6.43. The van der Waals surface area contributed by atoms with E-state index >= 15 is 0 Å². The van der Waals surface area contributed by atoms with Crippen molar-refractivity contribution in [1.29, 1.82) is 0 Å². The monoisotopic (exact) mass is 534 g/mol. The Labute approximate surface area is 231 Å². The Morgan fingerprint density at radius 2 is 1.79 bits per heavy atom. The molecule has 1 N–H and O–H groups in total. The van der Waals surface area contributed by atoms with Gasteiger partial charge in [0.1, 0.15) is 0 Å². The van der Waals surface area contributed by atoms with Crippen LogP contribution in [0.1, 0.15) is 64.0 Å². The number of nitrogens with zero attached hydrogens (tertiary/aromatic N) is 1. The summed E-state index contributed by atoms with van der Waals surface area (Å²) in [5.41, 5.74) is 5.60. The lowest BCUT2D eigenvalue weighted by atomic mass is 9.69. The molecule has 0 radical (unpaired) electrons. The van der Waals surface area contributed by atoms with E-state index in [0.29, 0.717) is 17.0 Å². The van der Waals surface area contributed by atoms with Gasteiger partial charge in [-0.2, -0.15) is 0 Å². The first-order valence-corrected chi connectivity index (χ1v) is 14.1. The van der Waals surface area contributed by atoms with Gasteiger partial charge in [0, 0.05) is 32.9 Å². The molecule has 0 fully saturated rings. The minimum Gasteiger partial charge on any atom is -0.454 e. The van der Waals surface area contributed by atoms with Crippen LogP contribution in [0.25, 0.3) is 33.5 Å². The summed E-state index contributed by atoms with van der Waals surface area (Å²) in [6.07, 6.45) is 5.49. The van der Waals surface area contributed by atoms with Crippen LogP contribution in [-0.4, -0.2) is 28.3 Å². The second-order valence-electron chi connectivity index (χ2n) is 11.2. The molecule has 0 saturated heterocycles. The number of ether oxygens (including phenoxy) is 1. The molecule has 3 heterocycles. The van der Waals surface area contributed by atoms with E-state index in [9.17, 15) is 9.59 Å². The molecule has 2 aromatic carbocycles. The number of thiophene rings is 1. The van der Waals surface area contributed by atoms with Crippen molar-refractivity contribution in [3.8, 4) is 0 Å². The number of hydrogen-bond donors (Lipinski definition) is 1. The third-order valence-corrected chi connectivity index (χ3v) is 8.55. The minimum atomic E-state index is -0.483. The number of ketones is 1. The first-order valence-electron chi connectivity index (χ1n) is 13.2. The van der Waals surface area contributed by atoms with Gasteiger partial charge in [-0.05, 0) is 65.0 Å². The summed E-state index contributed by atoms with van der Waals surface area (Å²) < 4.78 is 5.75. The van der Waals surface area contributed by atoms with E-state index in [0.717, 1.165) is 56.4 Å². The largest absolute Gasteiger partial charge is 0.454 e. The van der Waals surface area contributed by atoms with E-state index in [4.69, 9.17) is 9.72 Å². The van der Waals surface area contributed by atoms with Crippen molar-refractivity contribution in [2.24, 2.45) is 11.3 Å². The number of fused-ring (bicyclic) bond motifs is 3. The number of pyridine rings is 1. The summed E-state index contributed by atoms with van der Waals surface area (Å²) in [4.78, 5) is 36.3. The molecule has 5 aromatic rings. The number of rotatable bonds is 5. The molecule has 1 aliphatic carbocycles. The normalized spacial score (nSPS) is 16.5. The van der Waals surface area contributed by atoms with Gasteiger partial charge < -0.3 is 9.72 Å². The number of H-pyrrole nitrogens is 1. The standard InChI is InChI=1S/C33H30N2O3S/c1-33(2,3)21-15-20(16-22-9-8-14-39-22)31-25(17-21)30(24-11-5-7-13-28(24)35-31)32(37)38-19-29(36)26-18-34-27-12-6-4-10-23(26)27/h4-14,16,18,21,34H,15,17,19H2,1-3H3/b20-16-/t21-/m1/s1. The lowest BCUT2D eigenvalue weighted by Gasteiger charge is -2.36. The van der Waals surface area contributed by atoms with Gasteiger partial charge in [0.05, 0.1) is 16.8 Å². The highest BCUT2D eigenvalue weighted by Crippen LogP contribution is 2.45. The number of para-hydroxylation sites is 2. The van der Waals surface area contributed by atoms with Gasteiger partial charge in [0.25, 0.3) is 0 Å². The number of carbonyl (C=O) groups excluding carboxylic acids is 2. The maximum absolute atomic E-state index is 13.8. The van der Waals surface area contributed by atoms with Crippen molar-refractivity contribution >= 4 is 56.5 Å². The first kappa shape index (κ1) is 25.3. The Morgan fingerprint density at radius 3 is 2.56 bits per heavy atom. The SMILES string of the molecule is CC(C)(C)[C@@H]1C/C(=C/c2cccs2)c2nc3ccccc3c(C(=O)OCC(=O)c3c[nH]c4ccccc34)c2C1. The molecule has 0 amide bonds. The summed E-state index contributed by atoms with van der Waals surface area (Å²) in [5.74, 6) is -0.402. The van der Waals surface area contributed by atoms with Crippen LogP contribution in [0.3, 0.4) is 0 Å². The number of benzene rings is 2. The molecule has 0 saturated carbocycles. The molecule has 6 rings (SSSR count). The summed E-state index contributed by atoms with van der Waals surface area (Å²) in [5, 5.41) is 3.64. The zero-order valence-electron chi connectivity index (χ0n) is 22.3. The predicted molar refractivity (Wildman–Crippen MR) is 158 cm³/mol. The maximum Gasteiger partial charge on any atom is 0.339 e. The van der Waals surface area contributed by atoms with E-state index in [2.05, 4.69) is 43.3 Å². The fraction of sp³-hybridized carbons (Fsp3) is 0.242. The average molecular weight is 535 g/mol. The highest BCUT2D eigenvalue weighted by molar-refractivity contribution is 7.10. The van der Waals surface area contributed by atoms with Crippen molar-refractivity contribution < 1.29 is 14.3 Å². The molecule has 0 spiro atoms. The number of hydrogen-bond acceptors (Lipinski definition) is 5. The second-order valence-corrected chi connectivity index (χ2v) is 12.2. The molecule has 1 atom stereocenters. The Hall–Kier alpha value is -4.03. The first-order chi connectivity index (χ1) is 18.8. The van der Waals surface area contributed by atoms with Crippen LogP contribution in [0.2, 0.25) is 0 Å². The molecule has 5 nitrogen and oxygen atoms in total. The fourth-order valence-electron chi connectivity index (χ4n) is 5.50.